The number of hydrogen-bond donors (Lipinski definition) is 0. The number of rotatable bonds is 4. The minimum absolute atomic E-state index is 0.0506. The van der Waals surface area contributed by atoms with E-state index in [1.54, 1.807) is 12.2 Å². The van der Waals surface area contributed by atoms with Crippen LogP contribution in [0.1, 0.15) is 44.6 Å². The van der Waals surface area contributed by atoms with Crippen molar-refractivity contribution in [1.29, 1.82) is 0 Å². The molecule has 1 amide bonds. The number of benzene rings is 1. The van der Waals surface area contributed by atoms with Gasteiger partial charge in [0.05, 0.1) is 0 Å². The summed E-state index contributed by atoms with van der Waals surface area (Å²) in [5.41, 5.74) is 0.995. The molecule has 0 radical (unpaired) electrons. The minimum Gasteiger partial charge on any atom is -0.445 e. The van der Waals surface area contributed by atoms with Gasteiger partial charge in [0.15, 0.2) is 5.78 Å². The van der Waals surface area contributed by atoms with Crippen LogP contribution >= 0.6 is 0 Å². The number of amides is 1. The molecule has 2 aliphatic rings. The Morgan fingerprint density at radius 3 is 2.46 bits per heavy atom. The zero-order valence-electron chi connectivity index (χ0n) is 14.2. The molecule has 1 aromatic rings. The van der Waals surface area contributed by atoms with Crippen molar-refractivity contribution in [3.8, 4) is 0 Å². The van der Waals surface area contributed by atoms with E-state index in [4.69, 9.17) is 4.74 Å². The number of carbonyl (C=O) groups excluding carboxylic acids is 2. The van der Waals surface area contributed by atoms with Crippen molar-refractivity contribution in [2.24, 2.45) is 5.92 Å². The number of hydrogen-bond acceptors (Lipinski definition) is 3. The number of piperidine rings is 2. The first kappa shape index (κ1) is 16.7. The normalized spacial score (nSPS) is 26.4. The van der Waals surface area contributed by atoms with Gasteiger partial charge in [0, 0.05) is 18.0 Å². The van der Waals surface area contributed by atoms with E-state index in [0.29, 0.717) is 6.61 Å². The summed E-state index contributed by atoms with van der Waals surface area (Å²) in [5, 5.41) is 0. The first-order valence-corrected chi connectivity index (χ1v) is 8.84. The lowest BCUT2D eigenvalue weighted by molar-refractivity contribution is -0.121. The van der Waals surface area contributed by atoms with E-state index < -0.39 is 0 Å². The van der Waals surface area contributed by atoms with Gasteiger partial charge in [-0.1, -0.05) is 36.4 Å². The Morgan fingerprint density at radius 1 is 1.17 bits per heavy atom. The molecule has 4 nitrogen and oxygen atoms in total. The Kier molecular flexibility index (Phi) is 5.34. The van der Waals surface area contributed by atoms with Crippen LogP contribution in [0.15, 0.2) is 42.5 Å². The van der Waals surface area contributed by atoms with Crippen LogP contribution in [0.5, 0.6) is 0 Å². The van der Waals surface area contributed by atoms with E-state index in [-0.39, 0.29) is 29.9 Å². The quantitative estimate of drug-likeness (QED) is 0.782. The molecule has 128 valence electrons. The molecule has 2 heterocycles. The standard InChI is InChI=1S/C20H25NO3/c1-2-7-19(22)16-12-17-10-6-11-18(13-16)21(17)20(23)24-14-15-8-4-3-5-9-15/h2-5,7-9,16-18H,6,10-14H2,1H3/b7-2-. The smallest absolute Gasteiger partial charge is 0.410 e. The van der Waals surface area contributed by atoms with E-state index in [2.05, 4.69) is 0 Å². The Labute approximate surface area is 143 Å². The summed E-state index contributed by atoms with van der Waals surface area (Å²) in [6.45, 7) is 2.17. The third-order valence-electron chi connectivity index (χ3n) is 5.12. The highest BCUT2D eigenvalue weighted by Gasteiger charge is 2.43. The highest BCUT2D eigenvalue weighted by Crippen LogP contribution is 2.38. The maximum absolute atomic E-state index is 12.6. The molecule has 0 aromatic heterocycles. The highest BCUT2D eigenvalue weighted by atomic mass is 16.6. The molecule has 2 aliphatic heterocycles. The van der Waals surface area contributed by atoms with E-state index >= 15 is 0 Å². The summed E-state index contributed by atoms with van der Waals surface area (Å²) in [6, 6.07) is 10.0. The number of nitrogens with zero attached hydrogens (tertiary/aromatic N) is 1. The lowest BCUT2D eigenvalue weighted by Gasteiger charge is -2.47. The summed E-state index contributed by atoms with van der Waals surface area (Å²) in [5.74, 6) is 0.251. The van der Waals surface area contributed by atoms with Gasteiger partial charge in [-0.2, -0.15) is 0 Å². The first-order valence-electron chi connectivity index (χ1n) is 8.84. The fourth-order valence-electron chi connectivity index (χ4n) is 4.01. The topological polar surface area (TPSA) is 46.6 Å². The Hall–Kier alpha value is -2.10. The van der Waals surface area contributed by atoms with Crippen molar-refractivity contribution in [3.63, 3.8) is 0 Å². The lowest BCUT2D eigenvalue weighted by Crippen LogP contribution is -2.55. The molecule has 24 heavy (non-hydrogen) atoms. The number of carbonyl (C=O) groups is 2. The molecular formula is C20H25NO3. The van der Waals surface area contributed by atoms with Crippen molar-refractivity contribution in [3.05, 3.63) is 48.0 Å². The van der Waals surface area contributed by atoms with Crippen LogP contribution in [-0.4, -0.2) is 28.9 Å². The van der Waals surface area contributed by atoms with Gasteiger partial charge in [0.2, 0.25) is 0 Å². The third-order valence-corrected chi connectivity index (χ3v) is 5.12. The molecular weight excluding hydrogens is 302 g/mol. The summed E-state index contributed by atoms with van der Waals surface area (Å²) in [7, 11) is 0. The van der Waals surface area contributed by atoms with Crippen molar-refractivity contribution >= 4 is 11.9 Å². The minimum atomic E-state index is -0.231. The summed E-state index contributed by atoms with van der Waals surface area (Å²) in [4.78, 5) is 26.7. The van der Waals surface area contributed by atoms with Crippen LogP contribution in [0.3, 0.4) is 0 Å². The second kappa shape index (κ2) is 7.65. The number of allylic oxidation sites excluding steroid dienone is 2. The maximum atomic E-state index is 12.6. The predicted molar refractivity (Wildman–Crippen MR) is 92.4 cm³/mol. The molecule has 0 N–H and O–H groups in total. The second-order valence-corrected chi connectivity index (χ2v) is 6.76. The molecule has 0 spiro atoms. The molecule has 0 aliphatic carbocycles. The van der Waals surface area contributed by atoms with E-state index in [1.807, 2.05) is 42.2 Å². The fourth-order valence-corrected chi connectivity index (χ4v) is 4.01. The van der Waals surface area contributed by atoms with Crippen molar-refractivity contribution in [2.45, 2.75) is 57.7 Å². The summed E-state index contributed by atoms with van der Waals surface area (Å²) < 4.78 is 5.54. The third kappa shape index (κ3) is 3.69. The summed E-state index contributed by atoms with van der Waals surface area (Å²) in [6.07, 6.45) is 7.84. The zero-order valence-corrected chi connectivity index (χ0v) is 14.2. The second-order valence-electron chi connectivity index (χ2n) is 6.76. The van der Waals surface area contributed by atoms with E-state index in [1.165, 1.54) is 0 Å². The molecule has 3 rings (SSSR count). The van der Waals surface area contributed by atoms with Crippen LogP contribution in [0.2, 0.25) is 0 Å². The zero-order chi connectivity index (χ0) is 16.9. The molecule has 0 saturated carbocycles. The molecule has 2 unspecified atom stereocenters. The maximum Gasteiger partial charge on any atom is 0.410 e. The van der Waals surface area contributed by atoms with Gasteiger partial charge in [-0.15, -0.1) is 0 Å². The highest BCUT2D eigenvalue weighted by molar-refractivity contribution is 5.92. The number of ketones is 1. The Morgan fingerprint density at radius 2 is 1.83 bits per heavy atom. The van der Waals surface area contributed by atoms with E-state index in [0.717, 1.165) is 37.7 Å². The van der Waals surface area contributed by atoms with E-state index in [9.17, 15) is 9.59 Å². The largest absolute Gasteiger partial charge is 0.445 e. The average Bonchev–Trinajstić information content (AvgIpc) is 2.59. The van der Waals surface area contributed by atoms with Crippen LogP contribution < -0.4 is 0 Å². The molecule has 2 atom stereocenters. The molecule has 2 bridgehead atoms. The summed E-state index contributed by atoms with van der Waals surface area (Å²) >= 11 is 0. The first-order chi connectivity index (χ1) is 11.7. The van der Waals surface area contributed by atoms with Crippen molar-refractivity contribution in [2.75, 3.05) is 0 Å². The van der Waals surface area contributed by atoms with Gasteiger partial charge < -0.3 is 9.64 Å². The van der Waals surface area contributed by atoms with Gasteiger partial charge >= 0.3 is 6.09 Å². The van der Waals surface area contributed by atoms with Crippen molar-refractivity contribution < 1.29 is 14.3 Å². The van der Waals surface area contributed by atoms with Gasteiger partial charge in [-0.05, 0) is 50.7 Å². The monoisotopic (exact) mass is 327 g/mol. The molecule has 4 heteroatoms. The average molecular weight is 327 g/mol. The number of fused-ring (bicyclic) bond motifs is 2. The predicted octanol–water partition coefficient (Wildman–Crippen LogP) is 4.10. The van der Waals surface area contributed by atoms with Gasteiger partial charge in [-0.3, -0.25) is 4.79 Å². The SMILES string of the molecule is C/C=C\C(=O)C1CC2CCCC(C1)N2C(=O)OCc1ccccc1. The van der Waals surface area contributed by atoms with Gasteiger partial charge in [-0.25, -0.2) is 4.79 Å². The molecule has 1 aromatic carbocycles. The molecule has 2 fully saturated rings. The molecule has 2 saturated heterocycles. The van der Waals surface area contributed by atoms with Crippen molar-refractivity contribution in [1.82, 2.24) is 4.90 Å². The van der Waals surface area contributed by atoms with Crippen LogP contribution in [0.4, 0.5) is 4.79 Å². The fraction of sp³-hybridized carbons (Fsp3) is 0.500. The van der Waals surface area contributed by atoms with Gasteiger partial charge in [0.25, 0.3) is 0 Å². The van der Waals surface area contributed by atoms with Crippen LogP contribution in [0.25, 0.3) is 0 Å². The number of ether oxygens (including phenoxy) is 1. The Balaban J connectivity index is 1.63. The van der Waals surface area contributed by atoms with Crippen LogP contribution in [-0.2, 0) is 16.1 Å². The van der Waals surface area contributed by atoms with Gasteiger partial charge in [0.1, 0.15) is 6.61 Å². The Bertz CT molecular complexity index is 597. The lowest BCUT2D eigenvalue weighted by atomic mass is 9.77. The van der Waals surface area contributed by atoms with Crippen LogP contribution in [0, 0.1) is 5.92 Å².